The third-order valence-corrected chi connectivity index (χ3v) is 3.16. The molecule has 4 nitrogen and oxygen atoms in total. The van der Waals surface area contributed by atoms with Crippen LogP contribution in [-0.2, 0) is 4.79 Å². The number of halogens is 3. The third-order valence-electron chi connectivity index (χ3n) is 3.16. The van der Waals surface area contributed by atoms with Gasteiger partial charge in [-0.1, -0.05) is 37.3 Å². The predicted molar refractivity (Wildman–Crippen MR) is 72.3 cm³/mol. The first-order valence-corrected chi connectivity index (χ1v) is 6.53. The second-order valence-electron chi connectivity index (χ2n) is 4.82. The van der Waals surface area contributed by atoms with Crippen LogP contribution in [0.3, 0.4) is 0 Å². The standard InChI is InChI=1S/C14H19F3N2O2/c1-10(12(18)11-5-3-2-4-6-11)13(21)19(7-8-20)9-14(15,16)17/h2-6,10,12,20H,7-9,18H2,1H3. The van der Waals surface area contributed by atoms with Crippen molar-refractivity contribution in [3.63, 3.8) is 0 Å². The molecule has 118 valence electrons. The SMILES string of the molecule is CC(C(=O)N(CCO)CC(F)(F)F)C(N)c1ccccc1. The molecule has 7 heteroatoms. The topological polar surface area (TPSA) is 66.6 Å². The van der Waals surface area contributed by atoms with Crippen molar-refractivity contribution < 1.29 is 23.1 Å². The summed E-state index contributed by atoms with van der Waals surface area (Å²) in [6, 6.07) is 8.00. The summed E-state index contributed by atoms with van der Waals surface area (Å²) in [5.41, 5.74) is 6.62. The zero-order chi connectivity index (χ0) is 16.0. The van der Waals surface area contributed by atoms with Crippen LogP contribution in [0.5, 0.6) is 0 Å². The van der Waals surface area contributed by atoms with E-state index in [2.05, 4.69) is 0 Å². The first-order chi connectivity index (χ1) is 9.76. The summed E-state index contributed by atoms with van der Waals surface area (Å²) >= 11 is 0. The maximum Gasteiger partial charge on any atom is 0.406 e. The molecule has 21 heavy (non-hydrogen) atoms. The molecule has 1 aromatic carbocycles. The number of hydrogen-bond acceptors (Lipinski definition) is 3. The van der Waals surface area contributed by atoms with Crippen LogP contribution in [0.2, 0.25) is 0 Å². The minimum absolute atomic E-state index is 0.371. The summed E-state index contributed by atoms with van der Waals surface area (Å²) in [5, 5.41) is 8.83. The molecule has 0 aliphatic heterocycles. The third kappa shape index (κ3) is 5.35. The summed E-state index contributed by atoms with van der Waals surface area (Å²) in [5.74, 6) is -1.54. The summed E-state index contributed by atoms with van der Waals surface area (Å²) in [4.78, 5) is 12.8. The van der Waals surface area contributed by atoms with Gasteiger partial charge in [-0.05, 0) is 5.56 Å². The number of nitrogens with zero attached hydrogens (tertiary/aromatic N) is 1. The number of nitrogens with two attached hydrogens (primary N) is 1. The molecule has 0 heterocycles. The molecule has 0 radical (unpaired) electrons. The summed E-state index contributed by atoms with van der Waals surface area (Å²) in [6.07, 6.45) is -4.51. The van der Waals surface area contributed by atoms with Crippen molar-refractivity contribution in [1.82, 2.24) is 4.90 Å². The zero-order valence-corrected chi connectivity index (χ0v) is 11.7. The summed E-state index contributed by atoms with van der Waals surface area (Å²) in [7, 11) is 0. The van der Waals surface area contributed by atoms with Gasteiger partial charge in [-0.15, -0.1) is 0 Å². The Labute approximate surface area is 121 Å². The highest BCUT2D eigenvalue weighted by molar-refractivity contribution is 5.79. The number of rotatable bonds is 6. The molecule has 0 spiro atoms. The number of aliphatic hydroxyl groups is 1. The molecule has 0 bridgehead atoms. The minimum Gasteiger partial charge on any atom is -0.395 e. The van der Waals surface area contributed by atoms with Crippen LogP contribution < -0.4 is 5.73 Å². The Kier molecular flexibility index (Phi) is 6.17. The lowest BCUT2D eigenvalue weighted by Crippen LogP contribution is -2.45. The Morgan fingerprint density at radius 1 is 1.33 bits per heavy atom. The monoisotopic (exact) mass is 304 g/mol. The van der Waals surface area contributed by atoms with Gasteiger partial charge in [0.25, 0.3) is 0 Å². The fraction of sp³-hybridized carbons (Fsp3) is 0.500. The van der Waals surface area contributed by atoms with E-state index in [1.54, 1.807) is 30.3 Å². The molecule has 2 atom stereocenters. The fourth-order valence-electron chi connectivity index (χ4n) is 2.01. The lowest BCUT2D eigenvalue weighted by Gasteiger charge is -2.28. The number of benzene rings is 1. The van der Waals surface area contributed by atoms with E-state index in [4.69, 9.17) is 10.8 Å². The van der Waals surface area contributed by atoms with Gasteiger partial charge in [-0.2, -0.15) is 13.2 Å². The molecule has 2 unspecified atom stereocenters. The maximum absolute atomic E-state index is 12.5. The van der Waals surface area contributed by atoms with E-state index in [1.165, 1.54) is 6.92 Å². The van der Waals surface area contributed by atoms with Crippen molar-refractivity contribution in [3.8, 4) is 0 Å². The molecular formula is C14H19F3N2O2. The molecule has 1 rings (SSSR count). The van der Waals surface area contributed by atoms with Crippen LogP contribution in [0, 0.1) is 5.92 Å². The highest BCUT2D eigenvalue weighted by Crippen LogP contribution is 2.23. The van der Waals surface area contributed by atoms with Crippen LogP contribution in [0.1, 0.15) is 18.5 Å². The molecule has 0 saturated carbocycles. The smallest absolute Gasteiger partial charge is 0.395 e. The van der Waals surface area contributed by atoms with Gasteiger partial charge in [0.1, 0.15) is 6.54 Å². The number of amides is 1. The number of carbonyl (C=O) groups is 1. The highest BCUT2D eigenvalue weighted by Gasteiger charge is 2.35. The number of hydrogen-bond donors (Lipinski definition) is 2. The van der Waals surface area contributed by atoms with E-state index in [9.17, 15) is 18.0 Å². The van der Waals surface area contributed by atoms with Gasteiger partial charge in [0.15, 0.2) is 0 Å². The Hall–Kier alpha value is -1.60. The first kappa shape index (κ1) is 17.5. The zero-order valence-electron chi connectivity index (χ0n) is 11.7. The Bertz CT molecular complexity index is 451. The van der Waals surface area contributed by atoms with E-state index in [0.29, 0.717) is 10.5 Å². The van der Waals surface area contributed by atoms with Gasteiger partial charge in [0.05, 0.1) is 12.5 Å². The molecule has 0 aromatic heterocycles. The Morgan fingerprint density at radius 3 is 2.38 bits per heavy atom. The molecule has 1 aromatic rings. The quantitative estimate of drug-likeness (QED) is 0.841. The average molecular weight is 304 g/mol. The molecule has 0 saturated heterocycles. The van der Waals surface area contributed by atoms with Crippen LogP contribution in [0.4, 0.5) is 13.2 Å². The summed E-state index contributed by atoms with van der Waals surface area (Å²) in [6.45, 7) is -0.807. The van der Waals surface area contributed by atoms with E-state index >= 15 is 0 Å². The van der Waals surface area contributed by atoms with Crippen LogP contribution in [0.25, 0.3) is 0 Å². The van der Waals surface area contributed by atoms with Crippen molar-refractivity contribution in [2.75, 3.05) is 19.7 Å². The van der Waals surface area contributed by atoms with Gasteiger partial charge in [-0.3, -0.25) is 4.79 Å². The second kappa shape index (κ2) is 7.42. The molecular weight excluding hydrogens is 285 g/mol. The minimum atomic E-state index is -4.51. The number of carbonyl (C=O) groups excluding carboxylic acids is 1. The van der Waals surface area contributed by atoms with Gasteiger partial charge in [0.2, 0.25) is 5.91 Å². The normalized spacial score (nSPS) is 14.6. The van der Waals surface area contributed by atoms with Crippen molar-refractivity contribution in [1.29, 1.82) is 0 Å². The van der Waals surface area contributed by atoms with Crippen LogP contribution >= 0.6 is 0 Å². The lowest BCUT2D eigenvalue weighted by molar-refractivity contribution is -0.164. The Balaban J connectivity index is 2.82. The van der Waals surface area contributed by atoms with Crippen molar-refractivity contribution in [3.05, 3.63) is 35.9 Å². The summed E-state index contributed by atoms with van der Waals surface area (Å²) < 4.78 is 37.4. The molecule has 1 amide bonds. The van der Waals surface area contributed by atoms with E-state index in [-0.39, 0.29) is 6.54 Å². The van der Waals surface area contributed by atoms with E-state index in [0.717, 1.165) is 0 Å². The van der Waals surface area contributed by atoms with Crippen LogP contribution in [-0.4, -0.2) is 41.8 Å². The molecule has 3 N–H and O–H groups in total. The Morgan fingerprint density at radius 2 is 1.90 bits per heavy atom. The van der Waals surface area contributed by atoms with Gasteiger partial charge in [-0.25, -0.2) is 0 Å². The molecule has 0 fully saturated rings. The largest absolute Gasteiger partial charge is 0.406 e. The van der Waals surface area contributed by atoms with Crippen molar-refractivity contribution in [2.24, 2.45) is 11.7 Å². The maximum atomic E-state index is 12.5. The molecule has 0 aliphatic rings. The van der Waals surface area contributed by atoms with Crippen molar-refractivity contribution >= 4 is 5.91 Å². The van der Waals surface area contributed by atoms with Crippen LogP contribution in [0.15, 0.2) is 30.3 Å². The second-order valence-corrected chi connectivity index (χ2v) is 4.82. The van der Waals surface area contributed by atoms with Gasteiger partial charge >= 0.3 is 6.18 Å². The van der Waals surface area contributed by atoms with Gasteiger partial charge < -0.3 is 15.7 Å². The van der Waals surface area contributed by atoms with Gasteiger partial charge in [0, 0.05) is 12.6 Å². The predicted octanol–water partition coefficient (Wildman–Crippen LogP) is 1.71. The van der Waals surface area contributed by atoms with E-state index < -0.39 is 37.2 Å². The fourth-order valence-corrected chi connectivity index (χ4v) is 2.01. The average Bonchev–Trinajstić information content (AvgIpc) is 2.44. The number of aliphatic hydroxyl groups excluding tert-OH is 1. The lowest BCUT2D eigenvalue weighted by atomic mass is 9.94. The number of alkyl halides is 3. The molecule has 0 aliphatic carbocycles. The van der Waals surface area contributed by atoms with Crippen molar-refractivity contribution in [2.45, 2.75) is 19.1 Å². The highest BCUT2D eigenvalue weighted by atomic mass is 19.4. The van der Waals surface area contributed by atoms with E-state index in [1.807, 2.05) is 0 Å². The first-order valence-electron chi connectivity index (χ1n) is 6.53.